The number of rotatable bonds is 8. The van der Waals surface area contributed by atoms with Crippen LogP contribution in [0.15, 0.2) is 0 Å². The molecule has 5 saturated carbocycles. The predicted molar refractivity (Wildman–Crippen MR) is 183 cm³/mol. The fourth-order valence-electron chi connectivity index (χ4n) is 14.0. The van der Waals surface area contributed by atoms with Crippen LogP contribution < -0.4 is 5.32 Å². The van der Waals surface area contributed by atoms with Gasteiger partial charge in [0.1, 0.15) is 12.2 Å². The topological polar surface area (TPSA) is 110 Å². The number of hydrogen-bond donors (Lipinski definition) is 3. The van der Waals surface area contributed by atoms with Gasteiger partial charge in [0.2, 0.25) is 0 Å². The monoisotopic (exact) mass is 674 g/mol. The second kappa shape index (κ2) is 12.0. The van der Waals surface area contributed by atoms with Gasteiger partial charge in [-0.05, 0) is 112 Å². The van der Waals surface area contributed by atoms with Gasteiger partial charge >= 0.3 is 6.09 Å². The molecule has 2 heterocycles. The molecule has 2 aliphatic heterocycles. The normalized spacial score (nSPS) is 48.6. The van der Waals surface area contributed by atoms with Gasteiger partial charge in [0.15, 0.2) is 0 Å². The number of aliphatic hydroxyl groups excluding tert-OH is 1. The molecular weight excluding hydrogens is 608 g/mol. The summed E-state index contributed by atoms with van der Waals surface area (Å²) in [7, 11) is 0. The van der Waals surface area contributed by atoms with Crippen molar-refractivity contribution in [2.75, 3.05) is 46.0 Å². The van der Waals surface area contributed by atoms with Crippen LogP contribution in [0.4, 0.5) is 4.79 Å². The summed E-state index contributed by atoms with van der Waals surface area (Å²) in [6.45, 7) is 22.9. The third-order valence-corrected chi connectivity index (χ3v) is 16.2. The smallest absolute Gasteiger partial charge is 0.407 e. The van der Waals surface area contributed by atoms with E-state index in [-0.39, 0.29) is 57.4 Å². The van der Waals surface area contributed by atoms with E-state index in [4.69, 9.17) is 18.9 Å². The van der Waals surface area contributed by atoms with Crippen LogP contribution in [0.25, 0.3) is 0 Å². The van der Waals surface area contributed by atoms with Gasteiger partial charge in [0, 0.05) is 43.6 Å². The molecule has 0 aromatic heterocycles. The molecule has 7 rings (SSSR count). The molecule has 0 unspecified atom stereocenters. The van der Waals surface area contributed by atoms with E-state index < -0.39 is 17.8 Å². The summed E-state index contributed by atoms with van der Waals surface area (Å²) in [6.07, 6.45) is 6.85. The maximum absolute atomic E-state index is 13.0. The third kappa shape index (κ3) is 5.01. The van der Waals surface area contributed by atoms with Gasteiger partial charge in [-0.3, -0.25) is 4.90 Å². The summed E-state index contributed by atoms with van der Waals surface area (Å²) in [5, 5.41) is 26.7. The molecule has 7 aliphatic rings. The van der Waals surface area contributed by atoms with Crippen molar-refractivity contribution in [3.8, 4) is 0 Å². The van der Waals surface area contributed by atoms with E-state index in [1.165, 1.54) is 12.8 Å². The van der Waals surface area contributed by atoms with Gasteiger partial charge in [-0.25, -0.2) is 4.79 Å². The number of nitrogens with one attached hydrogen (secondary N) is 1. The Morgan fingerprint density at radius 2 is 1.73 bits per heavy atom. The molecule has 13 atom stereocenters. The quantitative estimate of drug-likeness (QED) is 0.314. The first-order valence-electron chi connectivity index (χ1n) is 19.5. The standard InChI is InChI=1S/C39H66N2O7/c1-9-46-32(35(5,6)44)25-22-24(2)29-30(47-25)31(42)37(8)27-11-10-26-34(3,4)28(48-33(43)40-16-17-41-18-20-45-21-19-41)12-13-38(26)23-39(27,38)15-14-36(29,37)7/h24-32,42,44H,9-23H2,1-8H3,(H,40,43)/t24-,25-,26+,27+,28+,29+,30+,31+,32+,36-,37-,38-,39+/m1/s1. The van der Waals surface area contributed by atoms with E-state index in [0.29, 0.717) is 30.9 Å². The van der Waals surface area contributed by atoms with Crippen LogP contribution in [0.1, 0.15) is 107 Å². The first-order valence-corrected chi connectivity index (χ1v) is 19.5. The van der Waals surface area contributed by atoms with Crippen molar-refractivity contribution in [1.29, 1.82) is 0 Å². The fourth-order valence-corrected chi connectivity index (χ4v) is 14.0. The number of hydrogen-bond acceptors (Lipinski definition) is 8. The number of nitrogens with zero attached hydrogens (tertiary/aromatic N) is 1. The van der Waals surface area contributed by atoms with Crippen LogP contribution in [0.2, 0.25) is 0 Å². The molecule has 9 nitrogen and oxygen atoms in total. The Morgan fingerprint density at radius 3 is 2.42 bits per heavy atom. The minimum absolute atomic E-state index is 0.0149. The Labute approximate surface area is 289 Å². The van der Waals surface area contributed by atoms with E-state index in [9.17, 15) is 15.0 Å². The van der Waals surface area contributed by atoms with E-state index in [1.807, 2.05) is 20.8 Å². The van der Waals surface area contributed by atoms with Crippen molar-refractivity contribution in [2.45, 2.75) is 143 Å². The minimum Gasteiger partial charge on any atom is -0.446 e. The second-order valence-electron chi connectivity index (χ2n) is 18.9. The maximum Gasteiger partial charge on any atom is 0.407 e. The highest BCUT2D eigenvalue weighted by Gasteiger charge is 2.84. The number of alkyl carbamates (subject to hydrolysis) is 1. The van der Waals surface area contributed by atoms with Crippen molar-refractivity contribution in [3.05, 3.63) is 0 Å². The lowest BCUT2D eigenvalue weighted by Gasteiger charge is -2.63. The van der Waals surface area contributed by atoms with Gasteiger partial charge in [0.25, 0.3) is 0 Å². The molecule has 274 valence electrons. The summed E-state index contributed by atoms with van der Waals surface area (Å²) in [6, 6.07) is 0. The highest BCUT2D eigenvalue weighted by Crippen LogP contribution is 2.89. The van der Waals surface area contributed by atoms with Crippen molar-refractivity contribution in [1.82, 2.24) is 10.2 Å². The number of carbonyl (C=O) groups excluding carboxylic acids is 1. The van der Waals surface area contributed by atoms with Gasteiger partial charge in [-0.2, -0.15) is 0 Å². The van der Waals surface area contributed by atoms with E-state index in [0.717, 1.165) is 71.4 Å². The molecule has 48 heavy (non-hydrogen) atoms. The molecule has 1 amide bonds. The van der Waals surface area contributed by atoms with E-state index in [1.54, 1.807) is 0 Å². The summed E-state index contributed by atoms with van der Waals surface area (Å²) in [5.74, 6) is 1.60. The average molecular weight is 675 g/mol. The highest BCUT2D eigenvalue weighted by atomic mass is 16.6. The van der Waals surface area contributed by atoms with Crippen LogP contribution >= 0.6 is 0 Å². The lowest BCUT2D eigenvalue weighted by Crippen LogP contribution is -2.60. The Kier molecular flexibility index (Phi) is 8.89. The molecule has 9 heteroatoms. The first kappa shape index (κ1) is 35.4. The Balaban J connectivity index is 1.07. The molecule has 0 bridgehead atoms. The van der Waals surface area contributed by atoms with Crippen LogP contribution in [0, 0.1) is 50.7 Å². The Hall–Kier alpha value is -0.970. The van der Waals surface area contributed by atoms with Gasteiger partial charge in [-0.15, -0.1) is 0 Å². The summed E-state index contributed by atoms with van der Waals surface area (Å²) in [5.41, 5.74) is -0.886. The largest absolute Gasteiger partial charge is 0.446 e. The molecule has 0 radical (unpaired) electrons. The van der Waals surface area contributed by atoms with Gasteiger partial charge in [0.05, 0.1) is 37.1 Å². The second-order valence-corrected chi connectivity index (χ2v) is 18.9. The van der Waals surface area contributed by atoms with Crippen molar-refractivity contribution in [3.63, 3.8) is 0 Å². The average Bonchev–Trinajstić information content (AvgIpc) is 3.66. The molecule has 3 N–H and O–H groups in total. The number of amides is 1. The summed E-state index contributed by atoms with van der Waals surface area (Å²) in [4.78, 5) is 15.4. The van der Waals surface area contributed by atoms with Gasteiger partial charge < -0.3 is 34.5 Å². The Bertz CT molecular complexity index is 1220. The molecular formula is C39H66N2O7. The third-order valence-electron chi connectivity index (χ3n) is 16.2. The number of morpholine rings is 1. The van der Waals surface area contributed by atoms with Crippen molar-refractivity contribution in [2.24, 2.45) is 50.7 Å². The molecule has 7 fully saturated rings. The number of ether oxygens (including phenoxy) is 4. The molecule has 0 aromatic rings. The van der Waals surface area contributed by atoms with E-state index >= 15 is 0 Å². The minimum atomic E-state index is -1.03. The number of carbonyl (C=O) groups is 1. The van der Waals surface area contributed by atoms with Crippen LogP contribution in [0.3, 0.4) is 0 Å². The highest BCUT2D eigenvalue weighted by molar-refractivity contribution is 5.67. The lowest BCUT2D eigenvalue weighted by molar-refractivity contribution is -0.215. The molecule has 2 spiro atoms. The number of aliphatic hydroxyl groups is 2. The fraction of sp³-hybridized carbons (Fsp3) is 0.974. The zero-order chi connectivity index (χ0) is 34.5. The summed E-state index contributed by atoms with van der Waals surface area (Å²) >= 11 is 0. The Morgan fingerprint density at radius 1 is 1.04 bits per heavy atom. The van der Waals surface area contributed by atoms with Crippen LogP contribution in [-0.4, -0.2) is 103 Å². The lowest BCUT2D eigenvalue weighted by atomic mass is 9.41. The van der Waals surface area contributed by atoms with Crippen molar-refractivity contribution >= 4 is 6.09 Å². The maximum atomic E-state index is 13.0. The zero-order valence-corrected chi connectivity index (χ0v) is 31.2. The molecule has 5 aliphatic carbocycles. The predicted octanol–water partition coefficient (Wildman–Crippen LogP) is 5.40. The van der Waals surface area contributed by atoms with Gasteiger partial charge in [-0.1, -0.05) is 34.6 Å². The van der Waals surface area contributed by atoms with Crippen LogP contribution in [0.5, 0.6) is 0 Å². The number of fused-ring (bicyclic) bond motifs is 4. The molecule has 2 saturated heterocycles. The SMILES string of the molecule is CCO[C@@H]([C@H]1C[C@@H](C)[C@H]2[C@H](O1)[C@H](O)[C@@]1(C)[C@@H]3CC[C@H]4C(C)(C)[C@@H](OC(=O)NCCN5CCOCC5)CC[C@@]45C[C@@]35CC[C@]21C)C(C)(C)O. The van der Waals surface area contributed by atoms with Crippen molar-refractivity contribution < 1.29 is 34.0 Å². The summed E-state index contributed by atoms with van der Waals surface area (Å²) < 4.78 is 24.7. The first-order chi connectivity index (χ1) is 22.6. The molecule has 0 aromatic carbocycles. The van der Waals surface area contributed by atoms with E-state index in [2.05, 4.69) is 44.8 Å². The van der Waals surface area contributed by atoms with Crippen LogP contribution in [-0.2, 0) is 18.9 Å². The zero-order valence-electron chi connectivity index (χ0n) is 31.2.